The van der Waals surface area contributed by atoms with Crippen molar-refractivity contribution in [2.45, 2.75) is 13.0 Å². The lowest BCUT2D eigenvalue weighted by molar-refractivity contribution is 0.0951. The number of nitrogens with two attached hydrogens (primary N) is 1. The van der Waals surface area contributed by atoms with Crippen LogP contribution in [0.5, 0.6) is 0 Å². The minimum atomic E-state index is -0.101. The highest BCUT2D eigenvalue weighted by Crippen LogP contribution is 2.31. The number of nitrogens with one attached hydrogen (secondary N) is 1. The Morgan fingerprint density at radius 3 is 2.79 bits per heavy atom. The molecule has 3 nitrogen and oxygen atoms in total. The fourth-order valence-corrected chi connectivity index (χ4v) is 3.64. The van der Waals surface area contributed by atoms with Gasteiger partial charge in [-0.1, -0.05) is 0 Å². The number of carbonyl (C=O) groups is 1. The van der Waals surface area contributed by atoms with Gasteiger partial charge in [0, 0.05) is 12.6 Å². The van der Waals surface area contributed by atoms with Crippen LogP contribution < -0.4 is 11.1 Å². The summed E-state index contributed by atoms with van der Waals surface area (Å²) >= 11 is 8.11. The molecule has 1 heterocycles. The van der Waals surface area contributed by atoms with Gasteiger partial charge in [0.25, 0.3) is 5.91 Å². The van der Waals surface area contributed by atoms with Crippen molar-refractivity contribution < 1.29 is 4.79 Å². The SMILES string of the molecule is CC(N)CNC(=O)c1cc(Br)sc1Br. The molecule has 1 amide bonds. The first-order chi connectivity index (χ1) is 6.50. The highest BCUT2D eigenvalue weighted by atomic mass is 79.9. The number of thiophene rings is 1. The van der Waals surface area contributed by atoms with Gasteiger partial charge < -0.3 is 11.1 Å². The first-order valence-corrected chi connectivity index (χ1v) is 6.39. The van der Waals surface area contributed by atoms with E-state index in [0.29, 0.717) is 12.1 Å². The molecule has 1 rings (SSSR count). The normalized spacial score (nSPS) is 12.6. The molecule has 1 unspecified atom stereocenters. The van der Waals surface area contributed by atoms with Crippen LogP contribution >= 0.6 is 43.2 Å². The van der Waals surface area contributed by atoms with E-state index in [0.717, 1.165) is 7.57 Å². The monoisotopic (exact) mass is 340 g/mol. The molecule has 0 aliphatic heterocycles. The largest absolute Gasteiger partial charge is 0.350 e. The molecule has 1 aromatic heterocycles. The zero-order valence-electron chi connectivity index (χ0n) is 7.51. The molecule has 3 N–H and O–H groups in total. The zero-order chi connectivity index (χ0) is 10.7. The maximum atomic E-state index is 11.6. The summed E-state index contributed by atoms with van der Waals surface area (Å²) in [4.78, 5) is 11.6. The molecule has 0 aromatic carbocycles. The van der Waals surface area contributed by atoms with Crippen LogP contribution in [0.3, 0.4) is 0 Å². The van der Waals surface area contributed by atoms with E-state index in [1.165, 1.54) is 11.3 Å². The summed E-state index contributed by atoms with van der Waals surface area (Å²) < 4.78 is 1.75. The summed E-state index contributed by atoms with van der Waals surface area (Å²) in [6.45, 7) is 2.33. The maximum absolute atomic E-state index is 11.6. The van der Waals surface area contributed by atoms with Crippen molar-refractivity contribution in [3.05, 3.63) is 19.2 Å². The van der Waals surface area contributed by atoms with Crippen LogP contribution in [0.4, 0.5) is 0 Å². The summed E-state index contributed by atoms with van der Waals surface area (Å²) in [6, 6.07) is 1.76. The molecule has 0 saturated carbocycles. The van der Waals surface area contributed by atoms with Crippen LogP contribution in [0.15, 0.2) is 13.6 Å². The second-order valence-corrected chi connectivity index (χ2v) is 6.67. The molecule has 0 aliphatic carbocycles. The Kier molecular flexibility index (Phi) is 4.56. The van der Waals surface area contributed by atoms with Crippen LogP contribution in [-0.2, 0) is 0 Å². The Hall–Kier alpha value is 0.0900. The van der Waals surface area contributed by atoms with Crippen molar-refractivity contribution in [3.8, 4) is 0 Å². The van der Waals surface area contributed by atoms with E-state index < -0.39 is 0 Å². The lowest BCUT2D eigenvalue weighted by atomic mass is 10.3. The number of rotatable bonds is 3. The average molecular weight is 342 g/mol. The van der Waals surface area contributed by atoms with Gasteiger partial charge in [0.1, 0.15) is 0 Å². The van der Waals surface area contributed by atoms with Gasteiger partial charge in [-0.3, -0.25) is 4.79 Å². The first kappa shape index (κ1) is 12.2. The van der Waals surface area contributed by atoms with E-state index in [1.54, 1.807) is 6.07 Å². The van der Waals surface area contributed by atoms with Crippen molar-refractivity contribution in [1.29, 1.82) is 0 Å². The summed E-state index contributed by atoms with van der Waals surface area (Å²) in [7, 11) is 0. The first-order valence-electron chi connectivity index (χ1n) is 3.99. The average Bonchev–Trinajstić information content (AvgIpc) is 2.41. The summed E-state index contributed by atoms with van der Waals surface area (Å²) in [5.41, 5.74) is 6.17. The van der Waals surface area contributed by atoms with Gasteiger partial charge in [-0.25, -0.2) is 0 Å². The fourth-order valence-electron chi connectivity index (χ4n) is 0.844. The van der Waals surface area contributed by atoms with E-state index in [-0.39, 0.29) is 11.9 Å². The standard InChI is InChI=1S/C8H10Br2N2OS/c1-4(11)3-12-8(13)5-2-6(9)14-7(5)10/h2,4H,3,11H2,1H3,(H,12,13). The number of amides is 1. The lowest BCUT2D eigenvalue weighted by Gasteiger charge is -2.06. The second-order valence-electron chi connectivity index (χ2n) is 2.93. The van der Waals surface area contributed by atoms with Crippen LogP contribution in [0.2, 0.25) is 0 Å². The van der Waals surface area contributed by atoms with E-state index >= 15 is 0 Å². The zero-order valence-corrected chi connectivity index (χ0v) is 11.5. The number of hydrogen-bond acceptors (Lipinski definition) is 3. The van der Waals surface area contributed by atoms with Gasteiger partial charge in [-0.2, -0.15) is 0 Å². The van der Waals surface area contributed by atoms with Gasteiger partial charge in [0.2, 0.25) is 0 Å². The van der Waals surface area contributed by atoms with Crippen molar-refractivity contribution in [2.75, 3.05) is 6.54 Å². The topological polar surface area (TPSA) is 55.1 Å². The maximum Gasteiger partial charge on any atom is 0.253 e. The third-order valence-corrected chi connectivity index (χ3v) is 3.83. The number of hydrogen-bond donors (Lipinski definition) is 2. The Balaban J connectivity index is 2.65. The third-order valence-electron chi connectivity index (χ3n) is 1.49. The smallest absolute Gasteiger partial charge is 0.253 e. The van der Waals surface area contributed by atoms with Gasteiger partial charge in [0.05, 0.1) is 13.1 Å². The summed E-state index contributed by atoms with van der Waals surface area (Å²) in [5.74, 6) is -0.101. The van der Waals surface area contributed by atoms with E-state index in [4.69, 9.17) is 5.73 Å². The van der Waals surface area contributed by atoms with Crippen molar-refractivity contribution in [1.82, 2.24) is 5.32 Å². The van der Waals surface area contributed by atoms with Gasteiger partial charge >= 0.3 is 0 Å². The van der Waals surface area contributed by atoms with Gasteiger partial charge in [0.15, 0.2) is 0 Å². The number of carbonyl (C=O) groups excluding carboxylic acids is 1. The summed E-state index contributed by atoms with van der Waals surface area (Å²) in [5, 5.41) is 2.74. The molecule has 1 aromatic rings. The minimum Gasteiger partial charge on any atom is -0.350 e. The molecular formula is C8H10Br2N2OS. The number of halogens is 2. The minimum absolute atomic E-state index is 0.0280. The molecular weight excluding hydrogens is 332 g/mol. The van der Waals surface area contributed by atoms with E-state index in [2.05, 4.69) is 37.2 Å². The third kappa shape index (κ3) is 3.34. The molecule has 78 valence electrons. The Bertz CT molecular complexity index is 338. The van der Waals surface area contributed by atoms with Crippen molar-refractivity contribution in [2.24, 2.45) is 5.73 Å². The molecule has 0 bridgehead atoms. The highest BCUT2D eigenvalue weighted by Gasteiger charge is 2.13. The van der Waals surface area contributed by atoms with E-state index in [9.17, 15) is 4.79 Å². The quantitative estimate of drug-likeness (QED) is 0.886. The molecule has 0 spiro atoms. The molecule has 0 fully saturated rings. The molecule has 0 aliphatic rings. The predicted molar refractivity (Wildman–Crippen MR) is 65.7 cm³/mol. The second kappa shape index (κ2) is 5.25. The Morgan fingerprint density at radius 1 is 1.71 bits per heavy atom. The molecule has 1 atom stereocenters. The van der Waals surface area contributed by atoms with E-state index in [1.807, 2.05) is 6.92 Å². The van der Waals surface area contributed by atoms with Crippen molar-refractivity contribution >= 4 is 49.1 Å². The van der Waals surface area contributed by atoms with Crippen molar-refractivity contribution in [3.63, 3.8) is 0 Å². The molecule has 0 radical (unpaired) electrons. The van der Waals surface area contributed by atoms with Crippen LogP contribution in [-0.4, -0.2) is 18.5 Å². The van der Waals surface area contributed by atoms with Crippen LogP contribution in [0, 0.1) is 0 Å². The summed E-state index contributed by atoms with van der Waals surface area (Å²) in [6.07, 6.45) is 0. The van der Waals surface area contributed by atoms with Crippen LogP contribution in [0.1, 0.15) is 17.3 Å². The Labute approximate surface area is 103 Å². The molecule has 0 saturated heterocycles. The van der Waals surface area contributed by atoms with Gasteiger partial charge in [-0.15, -0.1) is 11.3 Å². The Morgan fingerprint density at radius 2 is 2.36 bits per heavy atom. The lowest BCUT2D eigenvalue weighted by Crippen LogP contribution is -2.35. The highest BCUT2D eigenvalue weighted by molar-refractivity contribution is 9.12. The van der Waals surface area contributed by atoms with Crippen LogP contribution in [0.25, 0.3) is 0 Å². The van der Waals surface area contributed by atoms with Gasteiger partial charge in [-0.05, 0) is 44.8 Å². The molecule has 14 heavy (non-hydrogen) atoms. The molecule has 6 heteroatoms. The fraction of sp³-hybridized carbons (Fsp3) is 0.375. The predicted octanol–water partition coefficient (Wildman–Crippen LogP) is 2.35.